The molecule has 0 bridgehead atoms. The smallest absolute Gasteiger partial charge is 0.351 e. The lowest BCUT2D eigenvalue weighted by Gasteiger charge is -2.33. The molecule has 27 heavy (non-hydrogen) atoms. The molecule has 2 heterocycles. The van der Waals surface area contributed by atoms with Crippen molar-refractivity contribution in [2.75, 3.05) is 45.0 Å². The van der Waals surface area contributed by atoms with Crippen LogP contribution in [0.2, 0.25) is 0 Å². The third-order valence-electron chi connectivity index (χ3n) is 3.99. The van der Waals surface area contributed by atoms with Gasteiger partial charge in [-0.2, -0.15) is 4.98 Å². The van der Waals surface area contributed by atoms with E-state index >= 15 is 0 Å². The molecule has 1 aromatic rings. The highest BCUT2D eigenvalue weighted by Gasteiger charge is 2.39. The molecule has 0 saturated carbocycles. The van der Waals surface area contributed by atoms with Crippen LogP contribution in [0.5, 0.6) is 0 Å². The molecule has 3 N–H and O–H groups in total. The number of azide groups is 1. The summed E-state index contributed by atoms with van der Waals surface area (Å²) in [7, 11) is 0. The second-order valence-corrected chi connectivity index (χ2v) is 5.81. The summed E-state index contributed by atoms with van der Waals surface area (Å²) < 4.78 is 24.9. The van der Waals surface area contributed by atoms with Gasteiger partial charge in [0, 0.05) is 24.2 Å². The zero-order valence-corrected chi connectivity index (χ0v) is 14.7. The number of ether oxygens (including phenoxy) is 2. The molecule has 1 fully saturated rings. The van der Waals surface area contributed by atoms with Crippen molar-refractivity contribution in [3.63, 3.8) is 0 Å². The van der Waals surface area contributed by atoms with Crippen LogP contribution in [0.4, 0.5) is 10.2 Å². The molecule has 3 atom stereocenters. The molecule has 1 aliphatic heterocycles. The molecule has 0 aliphatic carbocycles. The summed E-state index contributed by atoms with van der Waals surface area (Å²) in [4.78, 5) is 18.6. The number of anilines is 1. The molecule has 0 amide bonds. The first kappa shape index (κ1) is 21.0. The maximum Gasteiger partial charge on any atom is 0.351 e. The van der Waals surface area contributed by atoms with Gasteiger partial charge in [-0.1, -0.05) is 5.11 Å². The Kier molecular flexibility index (Phi) is 7.47. The van der Waals surface area contributed by atoms with Crippen LogP contribution in [0.15, 0.2) is 22.2 Å². The minimum absolute atomic E-state index is 0.259. The molecule has 0 radical (unpaired) electrons. The number of aliphatic hydroxyl groups is 2. The number of aromatic nitrogens is 2. The number of nitrogens with one attached hydrogen (secondary N) is 1. The van der Waals surface area contributed by atoms with Crippen LogP contribution in [0.25, 0.3) is 10.4 Å². The number of halogens is 1. The highest BCUT2D eigenvalue weighted by atomic mass is 19.1. The van der Waals surface area contributed by atoms with Gasteiger partial charge in [-0.05, 0) is 18.5 Å². The second-order valence-electron chi connectivity index (χ2n) is 5.81. The van der Waals surface area contributed by atoms with Crippen molar-refractivity contribution in [2.24, 2.45) is 5.11 Å². The highest BCUT2D eigenvalue weighted by molar-refractivity contribution is 5.30. The van der Waals surface area contributed by atoms with E-state index in [1.54, 1.807) is 0 Å². The fourth-order valence-electron chi connectivity index (χ4n) is 2.41. The van der Waals surface area contributed by atoms with Crippen molar-refractivity contribution < 1.29 is 24.1 Å². The summed E-state index contributed by atoms with van der Waals surface area (Å²) >= 11 is 0. The van der Waals surface area contributed by atoms with Crippen LogP contribution < -0.4 is 11.1 Å². The predicted octanol–water partition coefficient (Wildman–Crippen LogP) is -0.233. The Morgan fingerprint density at radius 1 is 1.59 bits per heavy atom. The van der Waals surface area contributed by atoms with E-state index in [0.717, 1.165) is 4.57 Å². The molecular weight excluding hydrogens is 365 g/mol. The fourth-order valence-corrected chi connectivity index (χ4v) is 2.41. The molecule has 0 spiro atoms. The summed E-state index contributed by atoms with van der Waals surface area (Å²) in [6.45, 7) is 1.42. The summed E-state index contributed by atoms with van der Waals surface area (Å²) in [5.41, 5.74) is 8.63. The molecule has 0 aromatic carbocycles. The van der Waals surface area contributed by atoms with Crippen molar-refractivity contribution in [1.29, 1.82) is 0 Å². The maximum atomic E-state index is 13.5. The van der Waals surface area contributed by atoms with Gasteiger partial charge in [0.1, 0.15) is 12.5 Å². The third-order valence-corrected chi connectivity index (χ3v) is 3.99. The summed E-state index contributed by atoms with van der Waals surface area (Å²) in [5.74, 6) is 0.259. The van der Waals surface area contributed by atoms with Gasteiger partial charge in [0.25, 0.3) is 0 Å². The van der Waals surface area contributed by atoms with Crippen LogP contribution in [-0.4, -0.2) is 76.2 Å². The predicted molar refractivity (Wildman–Crippen MR) is 91.3 cm³/mol. The average Bonchev–Trinajstić information content (AvgIpc) is 2.66. The van der Waals surface area contributed by atoms with Crippen LogP contribution in [0.3, 0.4) is 0 Å². The largest absolute Gasteiger partial charge is 0.393 e. The SMILES string of the molecule is C[C@@H](O)[C@](CO)(N=[N+]=[N-])O[C@H](CF)n1ccc(NN2CCOCC2)nc1=O. The Morgan fingerprint density at radius 2 is 2.30 bits per heavy atom. The van der Waals surface area contributed by atoms with Gasteiger partial charge in [-0.25, -0.2) is 14.2 Å². The van der Waals surface area contributed by atoms with Gasteiger partial charge in [0.15, 0.2) is 12.0 Å². The first-order valence-electron chi connectivity index (χ1n) is 8.23. The standard InChI is InChI=1S/C14H22FN7O5/c1-10(24)14(9-23,19-20-16)27-12(8-15)22-3-2-11(17-13(22)25)18-21-4-6-26-7-5-21/h2-3,10,12,23-24H,4-9H2,1H3,(H,17,18,25)/t10-,12-,14-/m1/s1. The maximum absolute atomic E-state index is 13.5. The molecule has 1 aliphatic rings. The zero-order valence-electron chi connectivity index (χ0n) is 14.7. The monoisotopic (exact) mass is 387 g/mol. The zero-order chi connectivity index (χ0) is 19.9. The first-order chi connectivity index (χ1) is 13.0. The van der Waals surface area contributed by atoms with Crippen LogP contribution in [0, 0.1) is 0 Å². The van der Waals surface area contributed by atoms with E-state index in [2.05, 4.69) is 20.4 Å². The van der Waals surface area contributed by atoms with E-state index in [9.17, 15) is 19.4 Å². The van der Waals surface area contributed by atoms with E-state index in [1.807, 2.05) is 5.01 Å². The molecule has 2 rings (SSSR count). The fraction of sp³-hybridized carbons (Fsp3) is 0.714. The Bertz CT molecular complexity index is 720. The van der Waals surface area contributed by atoms with Crippen molar-refractivity contribution in [1.82, 2.24) is 14.6 Å². The minimum Gasteiger partial charge on any atom is -0.393 e. The van der Waals surface area contributed by atoms with Crippen molar-refractivity contribution in [2.45, 2.75) is 25.0 Å². The number of hydrazine groups is 1. The van der Waals surface area contributed by atoms with E-state index < -0.39 is 37.0 Å². The van der Waals surface area contributed by atoms with Crippen molar-refractivity contribution >= 4 is 5.82 Å². The number of hydrogen-bond acceptors (Lipinski definition) is 9. The average molecular weight is 387 g/mol. The van der Waals surface area contributed by atoms with E-state index in [4.69, 9.17) is 15.0 Å². The van der Waals surface area contributed by atoms with Crippen LogP contribution >= 0.6 is 0 Å². The summed E-state index contributed by atoms with van der Waals surface area (Å²) in [6, 6.07) is 1.44. The van der Waals surface area contributed by atoms with E-state index in [0.29, 0.717) is 26.3 Å². The molecule has 12 nitrogen and oxygen atoms in total. The summed E-state index contributed by atoms with van der Waals surface area (Å²) in [6.07, 6.45) is -1.77. The molecule has 150 valence electrons. The Hall–Kier alpha value is -2.28. The topological polar surface area (TPSA) is 158 Å². The van der Waals surface area contributed by atoms with Gasteiger partial charge in [0.2, 0.25) is 0 Å². The normalized spacial score (nSPS) is 19.6. The number of nitrogens with zero attached hydrogens (tertiary/aromatic N) is 6. The molecule has 1 saturated heterocycles. The van der Waals surface area contributed by atoms with Gasteiger partial charge in [-0.15, -0.1) is 0 Å². The number of morpholine rings is 1. The lowest BCUT2D eigenvalue weighted by Crippen LogP contribution is -2.48. The van der Waals surface area contributed by atoms with Gasteiger partial charge in [0.05, 0.1) is 25.9 Å². The second kappa shape index (κ2) is 9.60. The van der Waals surface area contributed by atoms with Gasteiger partial charge >= 0.3 is 5.69 Å². The highest BCUT2D eigenvalue weighted by Crippen LogP contribution is 2.25. The number of rotatable bonds is 9. The lowest BCUT2D eigenvalue weighted by atomic mass is 10.1. The lowest BCUT2D eigenvalue weighted by molar-refractivity contribution is -0.193. The van der Waals surface area contributed by atoms with Crippen molar-refractivity contribution in [3.05, 3.63) is 33.2 Å². The minimum atomic E-state index is -2.14. The number of alkyl halides is 1. The summed E-state index contributed by atoms with van der Waals surface area (Å²) in [5, 5.41) is 24.3. The molecular formula is C14H22FN7O5. The molecule has 0 unspecified atom stereocenters. The third kappa shape index (κ3) is 5.13. The number of hydrogen-bond donors (Lipinski definition) is 3. The molecule has 1 aromatic heterocycles. The Balaban J connectivity index is 2.21. The van der Waals surface area contributed by atoms with Crippen molar-refractivity contribution in [3.8, 4) is 0 Å². The van der Waals surface area contributed by atoms with Gasteiger partial charge in [-0.3, -0.25) is 4.57 Å². The van der Waals surface area contributed by atoms with Gasteiger partial charge < -0.3 is 25.1 Å². The van der Waals surface area contributed by atoms with Crippen LogP contribution in [-0.2, 0) is 9.47 Å². The quantitative estimate of drug-likeness (QED) is 0.298. The van der Waals surface area contributed by atoms with E-state index in [-0.39, 0.29) is 5.82 Å². The van der Waals surface area contributed by atoms with Crippen LogP contribution in [0.1, 0.15) is 13.2 Å². The molecule has 13 heteroatoms. The van der Waals surface area contributed by atoms with E-state index in [1.165, 1.54) is 19.2 Å². The first-order valence-corrected chi connectivity index (χ1v) is 8.23. The number of aliphatic hydroxyl groups excluding tert-OH is 2. The Morgan fingerprint density at radius 3 is 2.81 bits per heavy atom. The Labute approximate surface area is 153 Å².